The van der Waals surface area contributed by atoms with Crippen LogP contribution in [-0.2, 0) is 11.3 Å². The molecule has 0 aliphatic carbocycles. The van der Waals surface area contributed by atoms with Crippen molar-refractivity contribution < 1.29 is 14.7 Å². The molecule has 2 aromatic rings. The van der Waals surface area contributed by atoms with Crippen LogP contribution in [0.1, 0.15) is 10.4 Å². The molecule has 0 atom stereocenters. The smallest absolute Gasteiger partial charge is 0.325 e. The molecule has 1 amide bonds. The highest BCUT2D eigenvalue weighted by atomic mass is 79.9. The number of hydrogen-bond donors (Lipinski definition) is 3. The lowest BCUT2D eigenvalue weighted by Crippen LogP contribution is -2.13. The van der Waals surface area contributed by atoms with Gasteiger partial charge >= 0.3 is 5.97 Å². The molecule has 20 heavy (non-hydrogen) atoms. The van der Waals surface area contributed by atoms with Gasteiger partial charge in [0.05, 0.1) is 17.4 Å². The maximum absolute atomic E-state index is 12.1. The minimum Gasteiger partial charge on any atom is -0.480 e. The molecule has 0 bridgehead atoms. The fourth-order valence-electron chi connectivity index (χ4n) is 1.57. The summed E-state index contributed by atoms with van der Waals surface area (Å²) in [6, 6.07) is 4.89. The Kier molecular flexibility index (Phi) is 4.04. The maximum Gasteiger partial charge on any atom is 0.325 e. The summed E-state index contributed by atoms with van der Waals surface area (Å²) in [6.45, 7) is -0.266. The van der Waals surface area contributed by atoms with Crippen LogP contribution in [0.3, 0.4) is 0 Å². The number of halogens is 1. The van der Waals surface area contributed by atoms with Gasteiger partial charge in [-0.2, -0.15) is 5.10 Å². The van der Waals surface area contributed by atoms with Crippen LogP contribution >= 0.6 is 15.9 Å². The molecule has 104 valence electrons. The zero-order chi connectivity index (χ0) is 14.7. The zero-order valence-corrected chi connectivity index (χ0v) is 11.8. The van der Waals surface area contributed by atoms with E-state index in [1.165, 1.54) is 17.1 Å². The average Bonchev–Trinajstić information content (AvgIpc) is 2.78. The first-order valence-electron chi connectivity index (χ1n) is 5.56. The van der Waals surface area contributed by atoms with Crippen LogP contribution < -0.4 is 11.1 Å². The first-order valence-corrected chi connectivity index (χ1v) is 6.35. The highest BCUT2D eigenvalue weighted by Crippen LogP contribution is 2.20. The van der Waals surface area contributed by atoms with Crippen molar-refractivity contribution in [1.29, 1.82) is 0 Å². The Balaban J connectivity index is 2.13. The van der Waals surface area contributed by atoms with Gasteiger partial charge in [-0.15, -0.1) is 0 Å². The first kappa shape index (κ1) is 14.1. The molecule has 1 heterocycles. The number of carbonyl (C=O) groups excluding carboxylic acids is 1. The summed E-state index contributed by atoms with van der Waals surface area (Å²) in [6.07, 6.45) is 2.81. The summed E-state index contributed by atoms with van der Waals surface area (Å²) in [5, 5.41) is 15.1. The number of hydrogen-bond acceptors (Lipinski definition) is 4. The molecule has 4 N–H and O–H groups in total. The quantitative estimate of drug-likeness (QED) is 0.733. The van der Waals surface area contributed by atoms with Gasteiger partial charge in [0.15, 0.2) is 0 Å². The third-order valence-electron chi connectivity index (χ3n) is 2.42. The molecule has 0 radical (unpaired) electrons. The number of amides is 1. The lowest BCUT2D eigenvalue weighted by Gasteiger charge is -2.05. The van der Waals surface area contributed by atoms with Gasteiger partial charge in [-0.05, 0) is 34.1 Å². The number of nitrogens with two attached hydrogens (primary N) is 1. The standard InChI is InChI=1S/C12H11BrN4O3/c13-10-2-1-7(14)3-9(10)12(20)16-8-4-15-17(5-8)6-11(18)19/h1-5H,6,14H2,(H,16,20)(H,18,19). The lowest BCUT2D eigenvalue weighted by molar-refractivity contribution is -0.137. The van der Waals surface area contributed by atoms with Gasteiger partial charge in [-0.1, -0.05) is 0 Å². The topological polar surface area (TPSA) is 110 Å². The number of benzene rings is 1. The molecule has 1 aromatic heterocycles. The fraction of sp³-hybridized carbons (Fsp3) is 0.0833. The zero-order valence-electron chi connectivity index (χ0n) is 10.2. The number of nitrogens with zero attached hydrogens (tertiary/aromatic N) is 2. The van der Waals surface area contributed by atoms with Crippen LogP contribution in [0.2, 0.25) is 0 Å². The van der Waals surface area contributed by atoms with Crippen molar-refractivity contribution in [3.05, 3.63) is 40.6 Å². The Morgan fingerprint density at radius 3 is 2.90 bits per heavy atom. The lowest BCUT2D eigenvalue weighted by atomic mass is 10.2. The molecule has 7 nitrogen and oxygen atoms in total. The molecule has 1 aromatic carbocycles. The summed E-state index contributed by atoms with van der Waals surface area (Å²) >= 11 is 3.27. The van der Waals surface area contributed by atoms with Gasteiger partial charge in [0, 0.05) is 16.4 Å². The summed E-state index contributed by atoms with van der Waals surface area (Å²) in [5.74, 6) is -1.37. The van der Waals surface area contributed by atoms with E-state index >= 15 is 0 Å². The average molecular weight is 339 g/mol. The van der Waals surface area contributed by atoms with Crippen molar-refractivity contribution in [1.82, 2.24) is 9.78 Å². The van der Waals surface area contributed by atoms with Gasteiger partial charge in [0.1, 0.15) is 6.54 Å². The van der Waals surface area contributed by atoms with Crippen LogP contribution in [0.25, 0.3) is 0 Å². The van der Waals surface area contributed by atoms with E-state index in [0.29, 0.717) is 21.4 Å². The van der Waals surface area contributed by atoms with Gasteiger partial charge in [0.25, 0.3) is 5.91 Å². The van der Waals surface area contributed by atoms with Gasteiger partial charge in [0.2, 0.25) is 0 Å². The molecule has 0 spiro atoms. The van der Waals surface area contributed by atoms with E-state index < -0.39 is 5.97 Å². The Bertz CT molecular complexity index is 668. The number of anilines is 2. The number of carbonyl (C=O) groups is 2. The third kappa shape index (κ3) is 3.35. The van der Waals surface area contributed by atoms with Crippen molar-refractivity contribution in [2.45, 2.75) is 6.54 Å². The van der Waals surface area contributed by atoms with Crippen LogP contribution in [0.15, 0.2) is 35.1 Å². The molecule has 0 saturated heterocycles. The number of aliphatic carboxylic acids is 1. The number of nitrogens with one attached hydrogen (secondary N) is 1. The van der Waals surface area contributed by atoms with Crippen molar-refractivity contribution >= 4 is 39.2 Å². The molecule has 0 saturated carbocycles. The van der Waals surface area contributed by atoms with Crippen LogP contribution in [0, 0.1) is 0 Å². The fourth-order valence-corrected chi connectivity index (χ4v) is 2.00. The molecule has 2 rings (SSSR count). The first-order chi connectivity index (χ1) is 9.45. The van der Waals surface area contributed by atoms with Crippen molar-refractivity contribution in [3.63, 3.8) is 0 Å². The third-order valence-corrected chi connectivity index (χ3v) is 3.11. The van der Waals surface area contributed by atoms with Crippen molar-refractivity contribution in [2.75, 3.05) is 11.1 Å². The highest BCUT2D eigenvalue weighted by molar-refractivity contribution is 9.10. The maximum atomic E-state index is 12.1. The SMILES string of the molecule is Nc1ccc(Br)c(C(=O)Nc2cnn(CC(=O)O)c2)c1. The summed E-state index contributed by atoms with van der Waals surface area (Å²) in [5.41, 5.74) is 6.90. The monoisotopic (exact) mass is 338 g/mol. The molecule has 0 unspecified atom stereocenters. The number of aromatic nitrogens is 2. The molecular formula is C12H11BrN4O3. The predicted molar refractivity (Wildman–Crippen MR) is 76.4 cm³/mol. The van der Waals surface area contributed by atoms with Crippen molar-refractivity contribution in [3.8, 4) is 0 Å². The molecule has 8 heteroatoms. The van der Waals surface area contributed by atoms with E-state index in [2.05, 4.69) is 26.3 Å². The van der Waals surface area contributed by atoms with Gasteiger partial charge in [-0.3, -0.25) is 14.3 Å². The van der Waals surface area contributed by atoms with E-state index in [0.717, 1.165) is 0 Å². The minimum absolute atomic E-state index is 0.266. The second-order valence-corrected chi connectivity index (χ2v) is 4.87. The Hall–Kier alpha value is -2.35. The molecule has 0 fully saturated rings. The second-order valence-electron chi connectivity index (χ2n) is 4.01. The Morgan fingerprint density at radius 2 is 2.20 bits per heavy atom. The summed E-state index contributed by atoms with van der Waals surface area (Å²) in [7, 11) is 0. The molecular weight excluding hydrogens is 328 g/mol. The van der Waals surface area contributed by atoms with Crippen LogP contribution in [-0.4, -0.2) is 26.8 Å². The molecule has 0 aliphatic heterocycles. The second kappa shape index (κ2) is 5.74. The highest BCUT2D eigenvalue weighted by Gasteiger charge is 2.12. The predicted octanol–water partition coefficient (Wildman–Crippen LogP) is 1.56. The van der Waals surface area contributed by atoms with Crippen LogP contribution in [0.5, 0.6) is 0 Å². The minimum atomic E-state index is -1.01. The van der Waals surface area contributed by atoms with Crippen LogP contribution in [0.4, 0.5) is 11.4 Å². The number of rotatable bonds is 4. The largest absolute Gasteiger partial charge is 0.480 e. The Morgan fingerprint density at radius 1 is 1.45 bits per heavy atom. The van der Waals surface area contributed by atoms with E-state index in [9.17, 15) is 9.59 Å². The van der Waals surface area contributed by atoms with E-state index in [4.69, 9.17) is 10.8 Å². The van der Waals surface area contributed by atoms with E-state index in [-0.39, 0.29) is 12.5 Å². The summed E-state index contributed by atoms with van der Waals surface area (Å²) in [4.78, 5) is 22.6. The molecule has 0 aliphatic rings. The van der Waals surface area contributed by atoms with Gasteiger partial charge < -0.3 is 16.2 Å². The normalized spacial score (nSPS) is 10.2. The number of carboxylic acids is 1. The van der Waals surface area contributed by atoms with E-state index in [1.807, 2.05) is 0 Å². The number of carboxylic acid groups (broad SMARTS) is 1. The summed E-state index contributed by atoms with van der Waals surface area (Å²) < 4.78 is 1.83. The van der Waals surface area contributed by atoms with E-state index in [1.54, 1.807) is 18.2 Å². The van der Waals surface area contributed by atoms with Crippen molar-refractivity contribution in [2.24, 2.45) is 0 Å². The van der Waals surface area contributed by atoms with Gasteiger partial charge in [-0.25, -0.2) is 0 Å². The Labute approximate surface area is 122 Å². The number of nitrogen functional groups attached to an aromatic ring is 1.